The third-order valence-electron chi connectivity index (χ3n) is 3.76. The molecule has 1 amide bonds. The largest absolute Gasteiger partial charge is 0.446 e. The first-order valence-corrected chi connectivity index (χ1v) is 8.15. The molecule has 5 nitrogen and oxygen atoms in total. The van der Waals surface area contributed by atoms with E-state index in [2.05, 4.69) is 48.4 Å². The summed E-state index contributed by atoms with van der Waals surface area (Å²) < 4.78 is 5.33. The van der Waals surface area contributed by atoms with E-state index in [-0.39, 0.29) is 17.6 Å². The molecule has 1 aromatic heterocycles. The van der Waals surface area contributed by atoms with Crippen molar-refractivity contribution in [2.75, 3.05) is 6.54 Å². The fourth-order valence-electron chi connectivity index (χ4n) is 2.28. The summed E-state index contributed by atoms with van der Waals surface area (Å²) in [7, 11) is 0. The number of carbonyl (C=O) groups is 1. The third kappa shape index (κ3) is 5.21. The predicted molar refractivity (Wildman–Crippen MR) is 90.2 cm³/mol. The van der Waals surface area contributed by atoms with Gasteiger partial charge in [-0.2, -0.15) is 0 Å². The lowest BCUT2D eigenvalue weighted by atomic mass is 10.1. The van der Waals surface area contributed by atoms with Gasteiger partial charge >= 0.3 is 0 Å². The summed E-state index contributed by atoms with van der Waals surface area (Å²) >= 11 is 0. The van der Waals surface area contributed by atoms with Crippen LogP contribution >= 0.6 is 0 Å². The van der Waals surface area contributed by atoms with Gasteiger partial charge in [0, 0.05) is 6.54 Å². The number of hydrogen-bond donors (Lipinski definition) is 2. The standard InChI is InChI=1S/C18H25N3O2/c1-3-4-5-15(19)18-21-16(12-23-18)17(22)20-11-10-14-8-6-13(2)7-9-14/h6-9,12,15H,3-5,10-11,19H2,1-2H3,(H,20,22). The zero-order chi connectivity index (χ0) is 16.7. The average Bonchev–Trinajstić information content (AvgIpc) is 3.04. The summed E-state index contributed by atoms with van der Waals surface area (Å²) in [4.78, 5) is 16.3. The van der Waals surface area contributed by atoms with Crippen LogP contribution in [0.5, 0.6) is 0 Å². The summed E-state index contributed by atoms with van der Waals surface area (Å²) in [5.74, 6) is 0.205. The highest BCUT2D eigenvalue weighted by Crippen LogP contribution is 2.16. The number of nitrogens with zero attached hydrogens (tertiary/aromatic N) is 1. The van der Waals surface area contributed by atoms with Gasteiger partial charge in [0.15, 0.2) is 5.69 Å². The summed E-state index contributed by atoms with van der Waals surface area (Å²) in [6.07, 6.45) is 5.06. The quantitative estimate of drug-likeness (QED) is 0.784. The van der Waals surface area contributed by atoms with Crippen LogP contribution < -0.4 is 11.1 Å². The van der Waals surface area contributed by atoms with E-state index < -0.39 is 0 Å². The summed E-state index contributed by atoms with van der Waals surface area (Å²) in [6, 6.07) is 8.03. The third-order valence-corrected chi connectivity index (χ3v) is 3.76. The van der Waals surface area contributed by atoms with E-state index in [9.17, 15) is 4.79 Å². The molecule has 1 aromatic carbocycles. The van der Waals surface area contributed by atoms with Crippen molar-refractivity contribution in [1.29, 1.82) is 0 Å². The lowest BCUT2D eigenvalue weighted by Gasteiger charge is -2.05. The van der Waals surface area contributed by atoms with E-state index in [1.165, 1.54) is 17.4 Å². The Bertz CT molecular complexity index is 619. The Morgan fingerprint density at radius 3 is 2.78 bits per heavy atom. The molecule has 1 heterocycles. The van der Waals surface area contributed by atoms with Crippen molar-refractivity contribution in [3.63, 3.8) is 0 Å². The van der Waals surface area contributed by atoms with Crippen molar-refractivity contribution in [2.24, 2.45) is 5.73 Å². The van der Waals surface area contributed by atoms with Gasteiger partial charge in [-0.05, 0) is 25.3 Å². The number of hydrogen-bond acceptors (Lipinski definition) is 4. The summed E-state index contributed by atoms with van der Waals surface area (Å²) in [5.41, 5.74) is 8.70. The molecule has 2 rings (SSSR count). The fourth-order valence-corrected chi connectivity index (χ4v) is 2.28. The molecule has 0 aliphatic carbocycles. The maximum absolute atomic E-state index is 12.1. The van der Waals surface area contributed by atoms with Gasteiger partial charge in [0.1, 0.15) is 6.26 Å². The molecule has 0 aliphatic heterocycles. The van der Waals surface area contributed by atoms with E-state index in [0.717, 1.165) is 25.7 Å². The van der Waals surface area contributed by atoms with Crippen molar-refractivity contribution in [2.45, 2.75) is 45.6 Å². The molecule has 1 atom stereocenters. The lowest BCUT2D eigenvalue weighted by molar-refractivity contribution is 0.0949. The fraction of sp³-hybridized carbons (Fsp3) is 0.444. The van der Waals surface area contributed by atoms with Crippen molar-refractivity contribution in [1.82, 2.24) is 10.3 Å². The van der Waals surface area contributed by atoms with Crippen LogP contribution in [0.3, 0.4) is 0 Å². The molecule has 0 saturated carbocycles. The number of aromatic nitrogens is 1. The minimum atomic E-state index is -0.246. The van der Waals surface area contributed by atoms with Crippen LogP contribution in [0, 0.1) is 6.92 Å². The molecule has 0 aliphatic rings. The van der Waals surface area contributed by atoms with Crippen molar-refractivity contribution >= 4 is 5.91 Å². The minimum Gasteiger partial charge on any atom is -0.446 e. The van der Waals surface area contributed by atoms with Crippen molar-refractivity contribution in [3.05, 3.63) is 53.2 Å². The smallest absolute Gasteiger partial charge is 0.273 e. The predicted octanol–water partition coefficient (Wildman–Crippen LogP) is 3.15. The number of carbonyl (C=O) groups excluding carboxylic acids is 1. The van der Waals surface area contributed by atoms with Crippen molar-refractivity contribution < 1.29 is 9.21 Å². The normalized spacial score (nSPS) is 12.1. The maximum atomic E-state index is 12.1. The lowest BCUT2D eigenvalue weighted by Crippen LogP contribution is -2.26. The topological polar surface area (TPSA) is 81.1 Å². The Morgan fingerprint density at radius 1 is 1.35 bits per heavy atom. The van der Waals surface area contributed by atoms with E-state index in [4.69, 9.17) is 10.2 Å². The van der Waals surface area contributed by atoms with E-state index >= 15 is 0 Å². The van der Waals surface area contributed by atoms with Crippen LogP contribution in [0.1, 0.15) is 59.7 Å². The molecule has 0 bridgehead atoms. The minimum absolute atomic E-state index is 0.227. The Labute approximate surface area is 137 Å². The number of benzene rings is 1. The van der Waals surface area contributed by atoms with E-state index in [0.29, 0.717) is 12.4 Å². The van der Waals surface area contributed by atoms with Crippen molar-refractivity contribution in [3.8, 4) is 0 Å². The van der Waals surface area contributed by atoms with Crippen LogP contribution in [0.25, 0.3) is 0 Å². The Morgan fingerprint density at radius 2 is 2.09 bits per heavy atom. The van der Waals surface area contributed by atoms with Gasteiger partial charge in [-0.25, -0.2) is 4.98 Å². The molecule has 124 valence electrons. The number of amides is 1. The molecule has 0 fully saturated rings. The highest BCUT2D eigenvalue weighted by atomic mass is 16.3. The second-order valence-corrected chi connectivity index (χ2v) is 5.81. The second kappa shape index (κ2) is 8.48. The first-order chi connectivity index (χ1) is 11.1. The first kappa shape index (κ1) is 17.2. The Balaban J connectivity index is 1.81. The van der Waals surface area contributed by atoms with E-state index in [1.807, 2.05) is 0 Å². The average molecular weight is 315 g/mol. The number of aryl methyl sites for hydroxylation is 1. The summed E-state index contributed by atoms with van der Waals surface area (Å²) in [6.45, 7) is 4.72. The van der Waals surface area contributed by atoms with Gasteiger partial charge in [-0.1, -0.05) is 49.6 Å². The van der Waals surface area contributed by atoms with Crippen LogP contribution in [-0.2, 0) is 6.42 Å². The number of unbranched alkanes of at least 4 members (excludes halogenated alkanes) is 1. The zero-order valence-corrected chi connectivity index (χ0v) is 13.8. The number of nitrogens with one attached hydrogen (secondary N) is 1. The Kier molecular flexibility index (Phi) is 6.35. The van der Waals surface area contributed by atoms with Crippen LogP contribution in [0.2, 0.25) is 0 Å². The Hall–Kier alpha value is -2.14. The van der Waals surface area contributed by atoms with Gasteiger partial charge in [-0.15, -0.1) is 0 Å². The molecule has 2 aromatic rings. The molecule has 23 heavy (non-hydrogen) atoms. The highest BCUT2D eigenvalue weighted by Gasteiger charge is 2.16. The number of oxazole rings is 1. The molecule has 0 spiro atoms. The number of nitrogens with two attached hydrogens (primary N) is 1. The zero-order valence-electron chi connectivity index (χ0n) is 13.8. The SMILES string of the molecule is CCCCC(N)c1nc(C(=O)NCCc2ccc(C)cc2)co1. The molecular formula is C18H25N3O2. The van der Waals surface area contributed by atoms with Gasteiger partial charge in [0.05, 0.1) is 6.04 Å². The maximum Gasteiger partial charge on any atom is 0.273 e. The van der Waals surface area contributed by atoms with Gasteiger partial charge in [-0.3, -0.25) is 4.79 Å². The molecule has 0 radical (unpaired) electrons. The van der Waals surface area contributed by atoms with Gasteiger partial charge in [0.25, 0.3) is 5.91 Å². The van der Waals surface area contributed by atoms with Gasteiger partial charge < -0.3 is 15.5 Å². The summed E-state index contributed by atoms with van der Waals surface area (Å²) in [5, 5.41) is 2.86. The molecule has 5 heteroatoms. The first-order valence-electron chi connectivity index (χ1n) is 8.15. The molecule has 0 saturated heterocycles. The van der Waals surface area contributed by atoms with E-state index in [1.54, 1.807) is 0 Å². The van der Waals surface area contributed by atoms with Gasteiger partial charge in [0.2, 0.25) is 5.89 Å². The second-order valence-electron chi connectivity index (χ2n) is 5.81. The van der Waals surface area contributed by atoms with Crippen LogP contribution in [-0.4, -0.2) is 17.4 Å². The number of rotatable bonds is 8. The monoisotopic (exact) mass is 315 g/mol. The van der Waals surface area contributed by atoms with Crippen LogP contribution in [0.15, 0.2) is 34.9 Å². The molecular weight excluding hydrogens is 290 g/mol. The molecule has 1 unspecified atom stereocenters. The van der Waals surface area contributed by atoms with Crippen LogP contribution in [0.4, 0.5) is 0 Å². The molecule has 3 N–H and O–H groups in total. The highest BCUT2D eigenvalue weighted by molar-refractivity contribution is 5.91.